The summed E-state index contributed by atoms with van der Waals surface area (Å²) >= 11 is 11.7. The molecule has 1 heterocycles. The summed E-state index contributed by atoms with van der Waals surface area (Å²) < 4.78 is 0. The fourth-order valence-corrected chi connectivity index (χ4v) is 2.49. The molecular weight excluding hydrogens is 323 g/mol. The molecule has 112 valence electrons. The van der Waals surface area contributed by atoms with Crippen LogP contribution in [0.15, 0.2) is 18.2 Å². The van der Waals surface area contributed by atoms with Gasteiger partial charge in [0.15, 0.2) is 0 Å². The fraction of sp³-hybridized carbons (Fsp3) is 0.462. The molecule has 1 amide bonds. The van der Waals surface area contributed by atoms with Crippen molar-refractivity contribution in [2.24, 2.45) is 5.73 Å². The van der Waals surface area contributed by atoms with E-state index in [0.29, 0.717) is 28.7 Å². The number of hydrogen-bond acceptors (Lipinski definition) is 3. The molecule has 3 N–H and O–H groups in total. The van der Waals surface area contributed by atoms with Crippen LogP contribution in [0.2, 0.25) is 10.0 Å². The van der Waals surface area contributed by atoms with Gasteiger partial charge in [-0.1, -0.05) is 29.3 Å². The molecule has 0 bridgehead atoms. The van der Waals surface area contributed by atoms with E-state index in [1.807, 2.05) is 0 Å². The predicted octanol–water partition coefficient (Wildman–Crippen LogP) is 2.40. The number of hydrogen-bond donors (Lipinski definition) is 2. The summed E-state index contributed by atoms with van der Waals surface area (Å²) in [6, 6.07) is 3.76. The molecule has 0 aliphatic carbocycles. The highest BCUT2D eigenvalue weighted by molar-refractivity contribution is 6.42. The van der Waals surface area contributed by atoms with E-state index in [4.69, 9.17) is 28.9 Å². The number of amides is 1. The lowest BCUT2D eigenvalue weighted by Crippen LogP contribution is -2.45. The van der Waals surface area contributed by atoms with E-state index < -0.39 is 12.1 Å². The van der Waals surface area contributed by atoms with Crippen molar-refractivity contribution < 1.29 is 9.90 Å². The maximum absolute atomic E-state index is 12.1. The van der Waals surface area contributed by atoms with Crippen molar-refractivity contribution in [3.8, 4) is 0 Å². The molecule has 4 nitrogen and oxygen atoms in total. The Labute approximate surface area is 134 Å². The average Bonchev–Trinajstić information content (AvgIpc) is 2.93. The van der Waals surface area contributed by atoms with Crippen LogP contribution in [0, 0.1) is 0 Å². The minimum atomic E-state index is -1.08. The second-order valence-electron chi connectivity index (χ2n) is 4.68. The standard InChI is InChI=1S/C13H16Cl2N2O2.ClH/c14-9-4-3-8(7-10(9)15)12(18)11(16)13(19)17-5-1-2-6-17;/h3-4,7,11-12,18H,1-2,5-6,16H2;1H/t11-,12+;/m0./s1. The van der Waals surface area contributed by atoms with Crippen LogP contribution in [0.3, 0.4) is 0 Å². The maximum atomic E-state index is 12.1. The van der Waals surface area contributed by atoms with Gasteiger partial charge in [-0.3, -0.25) is 4.79 Å². The van der Waals surface area contributed by atoms with Crippen LogP contribution in [-0.4, -0.2) is 35.0 Å². The Morgan fingerprint density at radius 2 is 1.85 bits per heavy atom. The Bertz CT molecular complexity index is 479. The summed E-state index contributed by atoms with van der Waals surface area (Å²) in [4.78, 5) is 13.8. The van der Waals surface area contributed by atoms with E-state index in [0.717, 1.165) is 12.8 Å². The van der Waals surface area contributed by atoms with Crippen LogP contribution in [0.4, 0.5) is 0 Å². The Morgan fingerprint density at radius 1 is 1.25 bits per heavy atom. The van der Waals surface area contributed by atoms with E-state index in [-0.39, 0.29) is 18.3 Å². The summed E-state index contributed by atoms with van der Waals surface area (Å²) in [5.74, 6) is -0.226. The van der Waals surface area contributed by atoms with Gasteiger partial charge in [0.05, 0.1) is 10.0 Å². The summed E-state index contributed by atoms with van der Waals surface area (Å²) in [6.45, 7) is 1.42. The third-order valence-corrected chi connectivity index (χ3v) is 4.07. The fourth-order valence-electron chi connectivity index (χ4n) is 2.19. The highest BCUT2D eigenvalue weighted by Gasteiger charge is 2.29. The number of carbonyl (C=O) groups is 1. The summed E-state index contributed by atoms with van der Waals surface area (Å²) in [5, 5.41) is 10.9. The Balaban J connectivity index is 0.00000200. The van der Waals surface area contributed by atoms with E-state index in [2.05, 4.69) is 0 Å². The molecule has 2 rings (SSSR count). The quantitative estimate of drug-likeness (QED) is 0.888. The summed E-state index contributed by atoms with van der Waals surface area (Å²) in [5.41, 5.74) is 6.34. The molecule has 1 saturated heterocycles. The van der Waals surface area contributed by atoms with Crippen molar-refractivity contribution in [3.05, 3.63) is 33.8 Å². The lowest BCUT2D eigenvalue weighted by Gasteiger charge is -2.24. The number of nitrogens with two attached hydrogens (primary N) is 1. The van der Waals surface area contributed by atoms with Gasteiger partial charge < -0.3 is 15.7 Å². The van der Waals surface area contributed by atoms with Crippen LogP contribution in [0.1, 0.15) is 24.5 Å². The van der Waals surface area contributed by atoms with Gasteiger partial charge in [0.1, 0.15) is 12.1 Å². The molecule has 1 aliphatic heterocycles. The molecule has 0 aromatic heterocycles. The summed E-state index contributed by atoms with van der Waals surface area (Å²) in [7, 11) is 0. The van der Waals surface area contributed by atoms with E-state index in [1.165, 1.54) is 6.07 Å². The van der Waals surface area contributed by atoms with Gasteiger partial charge >= 0.3 is 0 Å². The monoisotopic (exact) mass is 338 g/mol. The minimum Gasteiger partial charge on any atom is -0.386 e. The number of halogens is 3. The smallest absolute Gasteiger partial charge is 0.242 e. The molecule has 2 atom stereocenters. The van der Waals surface area contributed by atoms with Crippen LogP contribution in [-0.2, 0) is 4.79 Å². The molecule has 0 spiro atoms. The normalized spacial score (nSPS) is 17.5. The largest absolute Gasteiger partial charge is 0.386 e. The van der Waals surface area contributed by atoms with Crippen molar-refractivity contribution in [1.29, 1.82) is 0 Å². The van der Waals surface area contributed by atoms with Crippen LogP contribution in [0.25, 0.3) is 0 Å². The number of nitrogens with zero attached hydrogens (tertiary/aromatic N) is 1. The Hall–Kier alpha value is -0.520. The zero-order valence-electron chi connectivity index (χ0n) is 10.8. The second kappa shape index (κ2) is 7.48. The second-order valence-corrected chi connectivity index (χ2v) is 5.49. The molecule has 1 aromatic rings. The highest BCUT2D eigenvalue weighted by Crippen LogP contribution is 2.27. The van der Waals surface area contributed by atoms with Crippen LogP contribution < -0.4 is 5.73 Å². The molecule has 20 heavy (non-hydrogen) atoms. The number of carbonyl (C=O) groups excluding carboxylic acids is 1. The number of rotatable bonds is 3. The van der Waals surface area contributed by atoms with E-state index >= 15 is 0 Å². The van der Waals surface area contributed by atoms with Gasteiger partial charge in [-0.25, -0.2) is 0 Å². The molecule has 7 heteroatoms. The topological polar surface area (TPSA) is 66.6 Å². The number of aliphatic hydroxyl groups is 1. The maximum Gasteiger partial charge on any atom is 0.242 e. The van der Waals surface area contributed by atoms with Gasteiger partial charge in [-0.15, -0.1) is 12.4 Å². The van der Waals surface area contributed by atoms with Gasteiger partial charge in [-0.2, -0.15) is 0 Å². The van der Waals surface area contributed by atoms with Crippen molar-refractivity contribution in [1.82, 2.24) is 4.90 Å². The van der Waals surface area contributed by atoms with Crippen molar-refractivity contribution in [2.45, 2.75) is 25.0 Å². The average molecular weight is 340 g/mol. The molecule has 0 saturated carbocycles. The molecule has 1 aliphatic rings. The van der Waals surface area contributed by atoms with E-state index in [1.54, 1.807) is 17.0 Å². The number of benzene rings is 1. The Morgan fingerprint density at radius 3 is 2.40 bits per heavy atom. The van der Waals surface area contributed by atoms with Gasteiger partial charge in [-0.05, 0) is 30.5 Å². The first-order chi connectivity index (χ1) is 9.00. The lowest BCUT2D eigenvalue weighted by molar-refractivity contribution is -0.134. The van der Waals surface area contributed by atoms with Gasteiger partial charge in [0.25, 0.3) is 0 Å². The van der Waals surface area contributed by atoms with Crippen LogP contribution >= 0.6 is 35.6 Å². The van der Waals surface area contributed by atoms with E-state index in [9.17, 15) is 9.90 Å². The molecule has 0 radical (unpaired) electrons. The first-order valence-electron chi connectivity index (χ1n) is 6.18. The predicted molar refractivity (Wildman–Crippen MR) is 82.5 cm³/mol. The molecule has 0 unspecified atom stereocenters. The lowest BCUT2D eigenvalue weighted by atomic mass is 10.0. The SMILES string of the molecule is Cl.N[C@H](C(=O)N1CCCC1)[C@H](O)c1ccc(Cl)c(Cl)c1. The van der Waals surface area contributed by atoms with Crippen molar-refractivity contribution in [3.63, 3.8) is 0 Å². The van der Waals surface area contributed by atoms with Crippen molar-refractivity contribution >= 4 is 41.5 Å². The van der Waals surface area contributed by atoms with Crippen LogP contribution in [0.5, 0.6) is 0 Å². The number of likely N-dealkylation sites (tertiary alicyclic amines) is 1. The van der Waals surface area contributed by atoms with Gasteiger partial charge in [0, 0.05) is 13.1 Å². The summed E-state index contributed by atoms with van der Waals surface area (Å²) in [6.07, 6.45) is 0.894. The minimum absolute atomic E-state index is 0. The molecular formula is C13H17Cl3N2O2. The van der Waals surface area contributed by atoms with Crippen molar-refractivity contribution in [2.75, 3.05) is 13.1 Å². The number of aliphatic hydroxyl groups excluding tert-OH is 1. The third-order valence-electron chi connectivity index (χ3n) is 3.33. The Kier molecular flexibility index (Phi) is 6.55. The highest BCUT2D eigenvalue weighted by atomic mass is 35.5. The molecule has 1 aromatic carbocycles. The third kappa shape index (κ3) is 3.77. The first-order valence-corrected chi connectivity index (χ1v) is 6.93. The zero-order valence-corrected chi connectivity index (χ0v) is 13.1. The zero-order chi connectivity index (χ0) is 14.0. The molecule has 1 fully saturated rings. The first kappa shape index (κ1) is 17.5. The van der Waals surface area contributed by atoms with Gasteiger partial charge in [0.2, 0.25) is 5.91 Å².